The number of halogens is 1. The molecule has 8 nitrogen and oxygen atoms in total. The minimum absolute atomic E-state index is 0.0352. The second kappa shape index (κ2) is 10.8. The number of rotatable bonds is 4. The fourth-order valence-electron chi connectivity index (χ4n) is 4.88. The average molecular weight is 545 g/mol. The first-order chi connectivity index (χ1) is 17.5. The molecule has 2 saturated heterocycles. The van der Waals surface area contributed by atoms with Crippen LogP contribution in [0.3, 0.4) is 0 Å². The molecule has 0 aliphatic carbocycles. The van der Waals surface area contributed by atoms with Gasteiger partial charge in [-0.3, -0.25) is 4.79 Å². The number of thioether (sulfide) groups is 1. The molecule has 36 heavy (non-hydrogen) atoms. The molecule has 1 N–H and O–H groups in total. The van der Waals surface area contributed by atoms with Gasteiger partial charge in [0.1, 0.15) is 17.1 Å². The molecule has 11 heteroatoms. The van der Waals surface area contributed by atoms with Crippen molar-refractivity contribution in [3.8, 4) is 0 Å². The number of nitrogens with zero attached hydrogens (tertiary/aromatic N) is 5. The van der Waals surface area contributed by atoms with E-state index >= 15 is 0 Å². The predicted molar refractivity (Wildman–Crippen MR) is 149 cm³/mol. The molecule has 0 radical (unpaired) electrons. The minimum Gasteiger partial charge on any atom is -0.388 e. The molecule has 190 valence electrons. The Labute approximate surface area is 226 Å². The van der Waals surface area contributed by atoms with Crippen LogP contribution in [0.4, 0.5) is 11.5 Å². The van der Waals surface area contributed by atoms with Gasteiger partial charge in [-0.15, -0.1) is 11.8 Å². The van der Waals surface area contributed by atoms with Crippen LogP contribution in [0.25, 0.3) is 0 Å². The van der Waals surface area contributed by atoms with E-state index in [0.717, 1.165) is 42.3 Å². The molecule has 1 aromatic carbocycles. The number of thiocarbonyl (C=S) groups is 1. The topological polar surface area (TPSA) is 73.3 Å². The number of benzene rings is 1. The molecule has 4 heterocycles. The lowest BCUT2D eigenvalue weighted by Gasteiger charge is -2.38. The predicted octanol–water partition coefficient (Wildman–Crippen LogP) is 4.11. The van der Waals surface area contributed by atoms with Crippen molar-refractivity contribution in [3.63, 3.8) is 0 Å². The molecule has 3 aliphatic heterocycles. The minimum atomic E-state index is -0.419. The zero-order valence-corrected chi connectivity index (χ0v) is 22.5. The maximum absolute atomic E-state index is 13.2. The monoisotopic (exact) mass is 544 g/mol. The Kier molecular flexibility index (Phi) is 7.55. The van der Waals surface area contributed by atoms with Crippen molar-refractivity contribution in [1.29, 1.82) is 0 Å². The highest BCUT2D eigenvalue weighted by Crippen LogP contribution is 2.36. The van der Waals surface area contributed by atoms with Gasteiger partial charge in [-0.25, -0.2) is 4.98 Å². The number of piperidine rings is 1. The Hall–Kier alpha value is -2.56. The maximum Gasteiger partial charge on any atom is 0.271 e. The first kappa shape index (κ1) is 25.1. The van der Waals surface area contributed by atoms with E-state index in [-0.39, 0.29) is 5.91 Å². The summed E-state index contributed by atoms with van der Waals surface area (Å²) in [5.74, 6) is 0.731. The van der Waals surface area contributed by atoms with E-state index in [2.05, 4.69) is 37.6 Å². The van der Waals surface area contributed by atoms with Gasteiger partial charge in [0, 0.05) is 69.6 Å². The van der Waals surface area contributed by atoms with Crippen LogP contribution in [-0.4, -0.2) is 82.6 Å². The number of nitrogens with one attached hydrogen (secondary N) is 1. The van der Waals surface area contributed by atoms with Crippen LogP contribution in [-0.2, 0) is 9.63 Å². The van der Waals surface area contributed by atoms with Crippen LogP contribution in [0.2, 0.25) is 5.02 Å². The summed E-state index contributed by atoms with van der Waals surface area (Å²) < 4.78 is 0. The Morgan fingerprint density at radius 1 is 1.08 bits per heavy atom. The summed E-state index contributed by atoms with van der Waals surface area (Å²) >= 11 is 13.7. The number of carbonyl (C=O) groups excluding carboxylic acids is 1. The number of oxime groups is 1. The third-order valence-corrected chi connectivity index (χ3v) is 8.45. The normalized spacial score (nSPS) is 19.2. The van der Waals surface area contributed by atoms with Gasteiger partial charge in [-0.2, -0.15) is 0 Å². The molecule has 1 aromatic heterocycles. The highest BCUT2D eigenvalue weighted by atomic mass is 35.5. The molecular weight excluding hydrogens is 516 g/mol. The number of hydrogen-bond donors (Lipinski definition) is 1. The van der Waals surface area contributed by atoms with Gasteiger partial charge in [0.2, 0.25) is 0 Å². The zero-order chi connectivity index (χ0) is 25.1. The van der Waals surface area contributed by atoms with Crippen molar-refractivity contribution >= 4 is 63.8 Å². The lowest BCUT2D eigenvalue weighted by atomic mass is 9.86. The molecule has 3 aliphatic rings. The van der Waals surface area contributed by atoms with Gasteiger partial charge in [0.15, 0.2) is 5.11 Å². The smallest absolute Gasteiger partial charge is 0.271 e. The summed E-state index contributed by atoms with van der Waals surface area (Å²) in [4.78, 5) is 30.8. The van der Waals surface area contributed by atoms with Gasteiger partial charge in [0.05, 0.1) is 10.7 Å². The van der Waals surface area contributed by atoms with Crippen LogP contribution in [0, 0.1) is 0 Å². The first-order valence-electron chi connectivity index (χ1n) is 12.1. The van der Waals surface area contributed by atoms with Crippen molar-refractivity contribution < 1.29 is 9.63 Å². The van der Waals surface area contributed by atoms with E-state index in [1.165, 1.54) is 0 Å². The largest absolute Gasteiger partial charge is 0.388 e. The SMILES string of the molecule is CSc1ccccc1NC(=S)N1CCC2(CC1)CC(C(=O)N1CCN(c3ncccc3Cl)CC1)=NO2. The van der Waals surface area contributed by atoms with Gasteiger partial charge in [-0.05, 0) is 42.7 Å². The number of carbonyl (C=O) groups is 1. The quantitative estimate of drug-likeness (QED) is 0.455. The Morgan fingerprint density at radius 2 is 1.83 bits per heavy atom. The second-order valence-corrected chi connectivity index (χ2v) is 10.8. The fraction of sp³-hybridized carbons (Fsp3) is 0.440. The van der Waals surface area contributed by atoms with Crippen molar-refractivity contribution in [2.45, 2.75) is 29.8 Å². The molecule has 0 atom stereocenters. The van der Waals surface area contributed by atoms with E-state index in [4.69, 9.17) is 28.7 Å². The molecule has 0 unspecified atom stereocenters. The average Bonchev–Trinajstić information content (AvgIpc) is 3.32. The summed E-state index contributed by atoms with van der Waals surface area (Å²) in [6.45, 7) is 4.08. The van der Waals surface area contributed by atoms with Crippen LogP contribution < -0.4 is 10.2 Å². The van der Waals surface area contributed by atoms with Crippen molar-refractivity contribution in [2.75, 3.05) is 55.7 Å². The zero-order valence-electron chi connectivity index (χ0n) is 20.2. The van der Waals surface area contributed by atoms with Crippen LogP contribution in [0.1, 0.15) is 19.3 Å². The molecule has 1 spiro atoms. The molecule has 5 rings (SSSR count). The summed E-state index contributed by atoms with van der Waals surface area (Å²) in [6, 6.07) is 11.8. The van der Waals surface area contributed by atoms with E-state index in [1.54, 1.807) is 18.0 Å². The van der Waals surface area contributed by atoms with E-state index < -0.39 is 5.60 Å². The molecular formula is C25H29ClN6O2S2. The number of piperazine rings is 1. The highest BCUT2D eigenvalue weighted by Gasteiger charge is 2.45. The summed E-state index contributed by atoms with van der Waals surface area (Å²) in [6.07, 6.45) is 5.87. The summed E-state index contributed by atoms with van der Waals surface area (Å²) in [7, 11) is 0. The number of amides is 1. The molecule has 0 saturated carbocycles. The Morgan fingerprint density at radius 3 is 2.56 bits per heavy atom. The van der Waals surface area contributed by atoms with Crippen molar-refractivity contribution in [1.82, 2.24) is 14.8 Å². The number of pyridine rings is 1. The van der Waals surface area contributed by atoms with Gasteiger partial charge in [-0.1, -0.05) is 28.9 Å². The summed E-state index contributed by atoms with van der Waals surface area (Å²) in [5, 5.41) is 8.98. The number of likely N-dealkylation sites (tertiary alicyclic amines) is 1. The first-order valence-corrected chi connectivity index (χ1v) is 14.1. The van der Waals surface area contributed by atoms with Gasteiger partial charge in [0.25, 0.3) is 5.91 Å². The molecule has 2 fully saturated rings. The Bertz CT molecular complexity index is 1160. The van der Waals surface area contributed by atoms with E-state index in [0.29, 0.717) is 48.4 Å². The molecule has 0 bridgehead atoms. The lowest BCUT2D eigenvalue weighted by Crippen LogP contribution is -2.52. The third-order valence-electron chi connectivity index (χ3n) is 7.00. The second-order valence-electron chi connectivity index (χ2n) is 9.19. The van der Waals surface area contributed by atoms with Crippen molar-refractivity contribution in [3.05, 3.63) is 47.6 Å². The van der Waals surface area contributed by atoms with Crippen LogP contribution in [0.15, 0.2) is 52.6 Å². The number of hydrogen-bond acceptors (Lipinski definition) is 7. The number of anilines is 2. The van der Waals surface area contributed by atoms with Gasteiger partial charge >= 0.3 is 0 Å². The van der Waals surface area contributed by atoms with Crippen LogP contribution >= 0.6 is 35.6 Å². The Balaban J connectivity index is 1.11. The van der Waals surface area contributed by atoms with E-state index in [9.17, 15) is 4.79 Å². The third kappa shape index (κ3) is 5.26. The lowest BCUT2D eigenvalue weighted by molar-refractivity contribution is -0.124. The van der Waals surface area contributed by atoms with Crippen LogP contribution in [0.5, 0.6) is 0 Å². The van der Waals surface area contributed by atoms with E-state index in [1.807, 2.05) is 35.2 Å². The van der Waals surface area contributed by atoms with Gasteiger partial charge < -0.3 is 24.9 Å². The molecule has 2 aromatic rings. The highest BCUT2D eigenvalue weighted by molar-refractivity contribution is 7.98. The number of para-hydroxylation sites is 1. The fourth-order valence-corrected chi connectivity index (χ4v) is 5.96. The molecule has 1 amide bonds. The maximum atomic E-state index is 13.2. The summed E-state index contributed by atoms with van der Waals surface area (Å²) in [5.41, 5.74) is 1.12. The standard InChI is InChI=1S/C25H29ClN6O2S2/c1-36-21-7-3-2-6-19(21)28-24(35)32-11-8-25(9-12-32)17-20(29-34-25)23(33)31-15-13-30(14-16-31)22-18(26)5-4-10-27-22/h2-7,10H,8-9,11-17H2,1H3,(H,28,35). The van der Waals surface area contributed by atoms with Crippen molar-refractivity contribution in [2.24, 2.45) is 5.16 Å². The number of aromatic nitrogens is 1.